The number of thioether (sulfide) groups is 1. The lowest BCUT2D eigenvalue weighted by Gasteiger charge is -2.06. The van der Waals surface area contributed by atoms with Crippen LogP contribution in [0.1, 0.15) is 10.4 Å². The van der Waals surface area contributed by atoms with Gasteiger partial charge in [0.05, 0.1) is 21.8 Å². The van der Waals surface area contributed by atoms with Crippen LogP contribution in [-0.2, 0) is 4.79 Å². The number of aromatic carboxylic acids is 1. The SMILES string of the molecule is O=C([O-])CSc1ccc(C(=O)[O-])cc1[N+](=O)[O-]. The summed E-state index contributed by atoms with van der Waals surface area (Å²) < 4.78 is 0. The van der Waals surface area contributed by atoms with Crippen LogP contribution in [-0.4, -0.2) is 22.6 Å². The van der Waals surface area contributed by atoms with E-state index < -0.39 is 28.3 Å². The van der Waals surface area contributed by atoms with E-state index in [2.05, 4.69) is 0 Å². The van der Waals surface area contributed by atoms with Gasteiger partial charge in [-0.25, -0.2) is 0 Å². The molecule has 0 amide bonds. The number of nitro groups is 1. The number of rotatable bonds is 5. The van der Waals surface area contributed by atoms with Crippen LogP contribution in [0.2, 0.25) is 0 Å². The molecule has 0 aliphatic rings. The molecule has 0 fully saturated rings. The van der Waals surface area contributed by atoms with E-state index in [0.29, 0.717) is 11.8 Å². The zero-order valence-corrected chi connectivity index (χ0v) is 9.06. The summed E-state index contributed by atoms with van der Waals surface area (Å²) in [6, 6.07) is 3.10. The van der Waals surface area contributed by atoms with Crippen LogP contribution < -0.4 is 10.2 Å². The third-order valence-corrected chi connectivity index (χ3v) is 2.77. The molecule has 0 bridgehead atoms. The predicted molar refractivity (Wildman–Crippen MR) is 53.2 cm³/mol. The number of carbonyl (C=O) groups excluding carboxylic acids is 2. The van der Waals surface area contributed by atoms with Crippen molar-refractivity contribution in [2.45, 2.75) is 4.90 Å². The van der Waals surface area contributed by atoms with Crippen LogP contribution in [0.3, 0.4) is 0 Å². The molecule has 0 spiro atoms. The molecule has 0 aromatic heterocycles. The van der Waals surface area contributed by atoms with Crippen LogP contribution in [0.4, 0.5) is 5.69 Å². The Kier molecular flexibility index (Phi) is 4.05. The molecular formula is C9H5NO6S-2. The largest absolute Gasteiger partial charge is 0.549 e. The Labute approximate surface area is 99.2 Å². The molecule has 0 aliphatic heterocycles. The van der Waals surface area contributed by atoms with Crippen LogP contribution >= 0.6 is 11.8 Å². The molecule has 7 nitrogen and oxygen atoms in total. The van der Waals surface area contributed by atoms with Crippen molar-refractivity contribution in [2.75, 3.05) is 5.75 Å². The minimum Gasteiger partial charge on any atom is -0.549 e. The minimum atomic E-state index is -1.54. The normalized spacial score (nSPS) is 9.88. The highest BCUT2D eigenvalue weighted by Gasteiger charge is 2.15. The fourth-order valence-electron chi connectivity index (χ4n) is 1.05. The van der Waals surface area contributed by atoms with Crippen molar-refractivity contribution in [2.24, 2.45) is 0 Å². The Bertz CT molecular complexity index is 486. The van der Waals surface area contributed by atoms with Gasteiger partial charge in [-0.2, -0.15) is 0 Å². The lowest BCUT2D eigenvalue weighted by molar-refractivity contribution is -0.387. The molecule has 0 saturated heterocycles. The molecule has 1 rings (SSSR count). The molecule has 8 heteroatoms. The Morgan fingerprint density at radius 3 is 2.41 bits per heavy atom. The number of carboxylic acid groups (broad SMARTS) is 2. The molecule has 90 valence electrons. The summed E-state index contributed by atoms with van der Waals surface area (Å²) in [5.41, 5.74) is -0.813. The van der Waals surface area contributed by atoms with Crippen LogP contribution in [0.15, 0.2) is 23.1 Å². The average Bonchev–Trinajstić information content (AvgIpc) is 2.25. The van der Waals surface area contributed by atoms with Crippen molar-refractivity contribution in [1.82, 2.24) is 0 Å². The van der Waals surface area contributed by atoms with Gasteiger partial charge < -0.3 is 19.8 Å². The van der Waals surface area contributed by atoms with E-state index in [-0.39, 0.29) is 10.5 Å². The van der Waals surface area contributed by atoms with Crippen molar-refractivity contribution in [3.05, 3.63) is 33.9 Å². The molecule has 0 unspecified atom stereocenters. The molecule has 0 aliphatic carbocycles. The van der Waals surface area contributed by atoms with Gasteiger partial charge in [-0.05, 0) is 6.07 Å². The van der Waals surface area contributed by atoms with E-state index in [1.807, 2.05) is 0 Å². The topological polar surface area (TPSA) is 123 Å². The molecule has 1 aromatic carbocycles. The standard InChI is InChI=1S/C9H7NO6S/c11-8(12)4-17-7-2-1-5(9(13)14)3-6(7)10(15)16/h1-3H,4H2,(H,11,12)(H,13,14)/p-2. The van der Waals surface area contributed by atoms with Gasteiger partial charge in [0.15, 0.2) is 0 Å². The fourth-order valence-corrected chi connectivity index (χ4v) is 1.76. The highest BCUT2D eigenvalue weighted by molar-refractivity contribution is 8.00. The van der Waals surface area contributed by atoms with Crippen LogP contribution in [0.25, 0.3) is 0 Å². The van der Waals surface area contributed by atoms with E-state index >= 15 is 0 Å². The quantitative estimate of drug-likeness (QED) is 0.367. The summed E-state index contributed by atoms with van der Waals surface area (Å²) in [5, 5.41) is 31.4. The van der Waals surface area contributed by atoms with Gasteiger partial charge in [0.2, 0.25) is 0 Å². The smallest absolute Gasteiger partial charge is 0.283 e. The number of benzene rings is 1. The second-order valence-corrected chi connectivity index (χ2v) is 3.90. The van der Waals surface area contributed by atoms with Gasteiger partial charge >= 0.3 is 0 Å². The summed E-state index contributed by atoms with van der Waals surface area (Å²) in [4.78, 5) is 30.7. The second-order valence-electron chi connectivity index (χ2n) is 2.89. The number of aliphatic carboxylic acids is 1. The maximum Gasteiger partial charge on any atom is 0.283 e. The van der Waals surface area contributed by atoms with E-state index in [0.717, 1.165) is 18.2 Å². The molecule has 0 heterocycles. The highest BCUT2D eigenvalue weighted by Crippen LogP contribution is 2.29. The molecule has 1 aromatic rings. The zero-order valence-electron chi connectivity index (χ0n) is 8.24. The molecule has 0 N–H and O–H groups in total. The molecular weight excluding hydrogens is 250 g/mol. The van der Waals surface area contributed by atoms with Crippen molar-refractivity contribution >= 4 is 29.4 Å². The third kappa shape index (κ3) is 3.45. The van der Waals surface area contributed by atoms with Crippen LogP contribution in [0, 0.1) is 10.1 Å². The number of nitrogens with zero attached hydrogens (tertiary/aromatic N) is 1. The van der Waals surface area contributed by atoms with Gasteiger partial charge in [0, 0.05) is 17.4 Å². The zero-order chi connectivity index (χ0) is 13.0. The molecule has 0 atom stereocenters. The maximum atomic E-state index is 10.7. The molecule has 17 heavy (non-hydrogen) atoms. The third-order valence-electron chi connectivity index (χ3n) is 1.74. The van der Waals surface area contributed by atoms with Crippen molar-refractivity contribution < 1.29 is 24.7 Å². The first kappa shape index (κ1) is 13.0. The fraction of sp³-hybridized carbons (Fsp3) is 0.111. The van der Waals surface area contributed by atoms with E-state index in [9.17, 15) is 29.9 Å². The van der Waals surface area contributed by atoms with Crippen LogP contribution in [0.5, 0.6) is 0 Å². The Hall–Kier alpha value is -2.09. The summed E-state index contributed by atoms with van der Waals surface area (Å²) >= 11 is 0.687. The highest BCUT2D eigenvalue weighted by atomic mass is 32.2. The summed E-state index contributed by atoms with van der Waals surface area (Å²) in [6.45, 7) is 0. The van der Waals surface area contributed by atoms with E-state index in [1.54, 1.807) is 0 Å². The average molecular weight is 255 g/mol. The molecule has 0 saturated carbocycles. The second kappa shape index (κ2) is 5.30. The lowest BCUT2D eigenvalue weighted by Crippen LogP contribution is -2.24. The van der Waals surface area contributed by atoms with Gasteiger partial charge in [0.25, 0.3) is 5.69 Å². The number of hydrogen-bond acceptors (Lipinski definition) is 7. The summed E-state index contributed by atoms with van der Waals surface area (Å²) in [7, 11) is 0. The van der Waals surface area contributed by atoms with Gasteiger partial charge in [-0.3, -0.25) is 10.1 Å². The number of carbonyl (C=O) groups is 2. The predicted octanol–water partition coefficient (Wildman–Crippen LogP) is -1.20. The number of nitro benzene ring substituents is 1. The number of hydrogen-bond donors (Lipinski definition) is 0. The lowest BCUT2D eigenvalue weighted by atomic mass is 10.2. The van der Waals surface area contributed by atoms with Crippen molar-refractivity contribution in [3.8, 4) is 0 Å². The Balaban J connectivity index is 3.08. The van der Waals surface area contributed by atoms with E-state index in [1.165, 1.54) is 0 Å². The summed E-state index contributed by atoms with van der Waals surface area (Å²) in [6.07, 6.45) is 0. The van der Waals surface area contributed by atoms with Crippen molar-refractivity contribution in [1.29, 1.82) is 0 Å². The summed E-state index contributed by atoms with van der Waals surface area (Å²) in [5.74, 6) is -3.36. The first-order chi connectivity index (χ1) is 7.91. The Morgan fingerprint density at radius 2 is 1.94 bits per heavy atom. The molecule has 0 radical (unpaired) electrons. The number of carboxylic acids is 2. The first-order valence-corrected chi connectivity index (χ1v) is 5.23. The minimum absolute atomic E-state index is 0.0594. The Morgan fingerprint density at radius 1 is 1.29 bits per heavy atom. The maximum absolute atomic E-state index is 10.7. The van der Waals surface area contributed by atoms with Gasteiger partial charge in [-0.1, -0.05) is 6.07 Å². The first-order valence-electron chi connectivity index (χ1n) is 4.24. The monoisotopic (exact) mass is 255 g/mol. The van der Waals surface area contributed by atoms with E-state index in [4.69, 9.17) is 0 Å². The van der Waals surface area contributed by atoms with Crippen molar-refractivity contribution in [3.63, 3.8) is 0 Å². The van der Waals surface area contributed by atoms with Gasteiger partial charge in [-0.15, -0.1) is 11.8 Å². The van der Waals surface area contributed by atoms with Gasteiger partial charge in [0.1, 0.15) is 0 Å².